The van der Waals surface area contributed by atoms with Gasteiger partial charge >= 0.3 is 5.97 Å². The summed E-state index contributed by atoms with van der Waals surface area (Å²) in [5.41, 5.74) is 0. The molecule has 3 aliphatic rings. The van der Waals surface area contributed by atoms with Crippen molar-refractivity contribution in [3.63, 3.8) is 0 Å². The average Bonchev–Trinajstić information content (AvgIpc) is 3.06. The number of amides is 1. The van der Waals surface area contributed by atoms with E-state index < -0.39 is 0 Å². The standard InChI is InChI=1S/C19H31NO3/c1-14-10-11-20(17-9-5-4-8-16(14)17)18(21)13-23-19(22)12-15-6-2-3-7-15/h14-17H,2-13H2,1H3/t14-,16-,17-/m1/s1. The van der Waals surface area contributed by atoms with E-state index in [9.17, 15) is 9.59 Å². The maximum atomic E-state index is 12.6. The highest BCUT2D eigenvalue weighted by Crippen LogP contribution is 2.38. The van der Waals surface area contributed by atoms with E-state index in [0.717, 1.165) is 32.2 Å². The molecule has 2 saturated carbocycles. The van der Waals surface area contributed by atoms with E-state index in [1.807, 2.05) is 4.90 Å². The first-order chi connectivity index (χ1) is 11.1. The van der Waals surface area contributed by atoms with E-state index in [2.05, 4.69) is 6.92 Å². The molecule has 2 aliphatic carbocycles. The number of piperidine rings is 1. The largest absolute Gasteiger partial charge is 0.456 e. The molecule has 3 atom stereocenters. The van der Waals surface area contributed by atoms with E-state index in [1.165, 1.54) is 32.1 Å². The fraction of sp³-hybridized carbons (Fsp3) is 0.895. The lowest BCUT2D eigenvalue weighted by Gasteiger charge is -2.47. The van der Waals surface area contributed by atoms with Crippen LogP contribution >= 0.6 is 0 Å². The Kier molecular flexibility index (Phi) is 5.60. The third-order valence-corrected chi connectivity index (χ3v) is 6.35. The number of hydrogen-bond acceptors (Lipinski definition) is 3. The summed E-state index contributed by atoms with van der Waals surface area (Å²) >= 11 is 0. The molecule has 23 heavy (non-hydrogen) atoms. The van der Waals surface area contributed by atoms with Crippen LogP contribution < -0.4 is 0 Å². The van der Waals surface area contributed by atoms with Gasteiger partial charge in [0.05, 0.1) is 0 Å². The highest BCUT2D eigenvalue weighted by Gasteiger charge is 2.39. The zero-order valence-corrected chi connectivity index (χ0v) is 14.5. The molecular formula is C19H31NO3. The van der Waals surface area contributed by atoms with Crippen LogP contribution in [-0.2, 0) is 14.3 Å². The first-order valence-corrected chi connectivity index (χ1v) is 9.60. The second-order valence-electron chi connectivity index (χ2n) is 7.88. The third-order valence-electron chi connectivity index (χ3n) is 6.35. The monoisotopic (exact) mass is 321 g/mol. The Labute approximate surface area is 139 Å². The van der Waals surface area contributed by atoms with Gasteiger partial charge in [-0.25, -0.2) is 0 Å². The van der Waals surface area contributed by atoms with Crippen LogP contribution in [0.25, 0.3) is 0 Å². The molecule has 1 saturated heterocycles. The summed E-state index contributed by atoms with van der Waals surface area (Å²) in [6.07, 6.45) is 11.2. The third kappa shape index (κ3) is 4.07. The number of hydrogen-bond donors (Lipinski definition) is 0. The number of likely N-dealkylation sites (tertiary alicyclic amines) is 1. The molecule has 130 valence electrons. The average molecular weight is 321 g/mol. The Morgan fingerprint density at radius 2 is 1.70 bits per heavy atom. The summed E-state index contributed by atoms with van der Waals surface area (Å²) < 4.78 is 5.30. The molecule has 0 bridgehead atoms. The van der Waals surface area contributed by atoms with Crippen molar-refractivity contribution in [2.24, 2.45) is 17.8 Å². The van der Waals surface area contributed by atoms with Crippen molar-refractivity contribution in [3.8, 4) is 0 Å². The van der Waals surface area contributed by atoms with Gasteiger partial charge < -0.3 is 9.64 Å². The van der Waals surface area contributed by atoms with Gasteiger partial charge in [0.15, 0.2) is 6.61 Å². The topological polar surface area (TPSA) is 46.6 Å². The SMILES string of the molecule is C[C@@H]1CCN(C(=O)COC(=O)CC2CCCC2)[C@@H]2CCCC[C@H]12. The summed E-state index contributed by atoms with van der Waals surface area (Å²) in [7, 11) is 0. The summed E-state index contributed by atoms with van der Waals surface area (Å²) in [5.74, 6) is 1.69. The van der Waals surface area contributed by atoms with E-state index in [1.54, 1.807) is 0 Å². The Bertz CT molecular complexity index is 430. The molecule has 1 aliphatic heterocycles. The minimum Gasteiger partial charge on any atom is -0.456 e. The molecule has 0 radical (unpaired) electrons. The first-order valence-electron chi connectivity index (χ1n) is 9.60. The van der Waals surface area contributed by atoms with Gasteiger partial charge in [-0.15, -0.1) is 0 Å². The van der Waals surface area contributed by atoms with Gasteiger partial charge in [0.1, 0.15) is 0 Å². The number of ether oxygens (including phenoxy) is 1. The fourth-order valence-corrected chi connectivity index (χ4v) is 4.96. The lowest BCUT2D eigenvalue weighted by atomic mass is 9.72. The first kappa shape index (κ1) is 16.8. The van der Waals surface area contributed by atoms with E-state index in [4.69, 9.17) is 4.74 Å². The molecular weight excluding hydrogens is 290 g/mol. The maximum Gasteiger partial charge on any atom is 0.306 e. The van der Waals surface area contributed by atoms with Crippen LogP contribution in [0.4, 0.5) is 0 Å². The predicted octanol–water partition coefficient (Wildman–Crippen LogP) is 3.54. The lowest BCUT2D eigenvalue weighted by molar-refractivity contribution is -0.156. The van der Waals surface area contributed by atoms with Crippen LogP contribution in [0.15, 0.2) is 0 Å². The summed E-state index contributed by atoms with van der Waals surface area (Å²) in [6.45, 7) is 3.11. The molecule has 1 amide bonds. The molecule has 0 aromatic carbocycles. The minimum atomic E-state index is -0.184. The molecule has 3 rings (SSSR count). The predicted molar refractivity (Wildman–Crippen MR) is 88.8 cm³/mol. The Morgan fingerprint density at radius 3 is 2.48 bits per heavy atom. The van der Waals surface area contributed by atoms with Crippen molar-refractivity contribution < 1.29 is 14.3 Å². The molecule has 0 N–H and O–H groups in total. The van der Waals surface area contributed by atoms with Crippen molar-refractivity contribution in [2.45, 2.75) is 77.2 Å². The fourth-order valence-electron chi connectivity index (χ4n) is 4.96. The zero-order chi connectivity index (χ0) is 16.2. The summed E-state index contributed by atoms with van der Waals surface area (Å²) in [5, 5.41) is 0. The van der Waals surface area contributed by atoms with Gasteiger partial charge in [-0.05, 0) is 49.9 Å². The summed E-state index contributed by atoms with van der Waals surface area (Å²) in [6, 6.07) is 0.383. The van der Waals surface area contributed by atoms with Crippen LogP contribution in [0.1, 0.15) is 71.1 Å². The van der Waals surface area contributed by atoms with Gasteiger partial charge in [0, 0.05) is 19.0 Å². The van der Waals surface area contributed by atoms with Crippen molar-refractivity contribution in [1.29, 1.82) is 0 Å². The second-order valence-corrected chi connectivity index (χ2v) is 7.88. The Balaban J connectivity index is 1.48. The number of esters is 1. The number of fused-ring (bicyclic) bond motifs is 1. The van der Waals surface area contributed by atoms with Crippen molar-refractivity contribution in [2.75, 3.05) is 13.2 Å². The second kappa shape index (κ2) is 7.67. The van der Waals surface area contributed by atoms with E-state index >= 15 is 0 Å². The smallest absolute Gasteiger partial charge is 0.306 e. The molecule has 0 unspecified atom stereocenters. The zero-order valence-electron chi connectivity index (χ0n) is 14.5. The Morgan fingerprint density at radius 1 is 1.00 bits per heavy atom. The van der Waals surface area contributed by atoms with Crippen molar-refractivity contribution >= 4 is 11.9 Å². The van der Waals surface area contributed by atoms with Crippen molar-refractivity contribution in [3.05, 3.63) is 0 Å². The van der Waals surface area contributed by atoms with E-state index in [-0.39, 0.29) is 18.5 Å². The molecule has 3 fully saturated rings. The number of carbonyl (C=O) groups excluding carboxylic acids is 2. The lowest BCUT2D eigenvalue weighted by Crippen LogP contribution is -2.53. The minimum absolute atomic E-state index is 0.0218. The molecule has 4 nitrogen and oxygen atoms in total. The van der Waals surface area contributed by atoms with Crippen LogP contribution in [0, 0.1) is 17.8 Å². The van der Waals surface area contributed by atoms with Crippen molar-refractivity contribution in [1.82, 2.24) is 4.90 Å². The molecule has 0 aromatic heterocycles. The number of rotatable bonds is 4. The van der Waals surface area contributed by atoms with Crippen LogP contribution in [0.5, 0.6) is 0 Å². The molecule has 0 aromatic rings. The quantitative estimate of drug-likeness (QED) is 0.744. The summed E-state index contributed by atoms with van der Waals surface area (Å²) in [4.78, 5) is 26.5. The number of nitrogens with zero attached hydrogens (tertiary/aromatic N) is 1. The molecule has 0 spiro atoms. The molecule has 4 heteroatoms. The van der Waals surface area contributed by atoms with Gasteiger partial charge in [-0.2, -0.15) is 0 Å². The van der Waals surface area contributed by atoms with Gasteiger partial charge in [-0.3, -0.25) is 9.59 Å². The maximum absolute atomic E-state index is 12.6. The van der Waals surface area contributed by atoms with E-state index in [0.29, 0.717) is 30.2 Å². The van der Waals surface area contributed by atoms with Gasteiger partial charge in [-0.1, -0.05) is 32.6 Å². The highest BCUT2D eigenvalue weighted by molar-refractivity contribution is 5.81. The number of carbonyl (C=O) groups is 2. The van der Waals surface area contributed by atoms with Crippen LogP contribution in [-0.4, -0.2) is 36.0 Å². The highest BCUT2D eigenvalue weighted by atomic mass is 16.5. The van der Waals surface area contributed by atoms with Gasteiger partial charge in [0.25, 0.3) is 5.91 Å². The normalized spacial score (nSPS) is 31.7. The van der Waals surface area contributed by atoms with Crippen LogP contribution in [0.3, 0.4) is 0 Å². The van der Waals surface area contributed by atoms with Crippen LogP contribution in [0.2, 0.25) is 0 Å². The van der Waals surface area contributed by atoms with Gasteiger partial charge in [0.2, 0.25) is 0 Å². The Hall–Kier alpha value is -1.06. The molecule has 1 heterocycles.